The molecule has 0 spiro atoms. The van der Waals surface area contributed by atoms with E-state index in [4.69, 9.17) is 4.74 Å². The van der Waals surface area contributed by atoms with E-state index in [-0.39, 0.29) is 12.0 Å². The van der Waals surface area contributed by atoms with Gasteiger partial charge in [0.25, 0.3) is 0 Å². The highest BCUT2D eigenvalue weighted by Crippen LogP contribution is 2.43. The third kappa shape index (κ3) is 3.24. The van der Waals surface area contributed by atoms with Gasteiger partial charge in [0, 0.05) is 16.7 Å². The summed E-state index contributed by atoms with van der Waals surface area (Å²) in [5.41, 5.74) is 1.56. The van der Waals surface area contributed by atoms with E-state index in [9.17, 15) is 4.79 Å². The molecule has 0 aliphatic carbocycles. The largest absolute Gasteiger partial charge is 0.444 e. The van der Waals surface area contributed by atoms with Gasteiger partial charge in [0.1, 0.15) is 0 Å². The van der Waals surface area contributed by atoms with Crippen molar-refractivity contribution in [3.63, 3.8) is 0 Å². The highest BCUT2D eigenvalue weighted by molar-refractivity contribution is 5.87. The van der Waals surface area contributed by atoms with Crippen LogP contribution in [0, 0.1) is 0 Å². The molecule has 1 heterocycles. The first-order valence-electron chi connectivity index (χ1n) is 8.76. The summed E-state index contributed by atoms with van der Waals surface area (Å²) >= 11 is 0. The van der Waals surface area contributed by atoms with Crippen LogP contribution in [0.5, 0.6) is 0 Å². The van der Waals surface area contributed by atoms with Crippen LogP contribution >= 0.6 is 0 Å². The molecule has 0 bridgehead atoms. The van der Waals surface area contributed by atoms with Crippen molar-refractivity contribution in [3.05, 3.63) is 83.9 Å². The predicted molar refractivity (Wildman–Crippen MR) is 100 cm³/mol. The summed E-state index contributed by atoms with van der Waals surface area (Å²) in [6, 6.07) is 20.2. The maximum absolute atomic E-state index is 12.6. The second kappa shape index (κ2) is 7.24. The number of likely N-dealkylation sites (N-methyl/N-ethyl adjacent to an activating group) is 1. The lowest BCUT2D eigenvalue weighted by Crippen LogP contribution is -2.50. The molecule has 3 nitrogen and oxygen atoms in total. The van der Waals surface area contributed by atoms with Gasteiger partial charge in [-0.05, 0) is 33.4 Å². The molecule has 0 unspecified atom stereocenters. The van der Waals surface area contributed by atoms with E-state index in [0.717, 1.165) is 30.5 Å². The molecule has 2 aromatic rings. The average molecular weight is 335 g/mol. The number of likely N-dealkylation sites (tertiary alicyclic amines) is 1. The summed E-state index contributed by atoms with van der Waals surface area (Å²) < 4.78 is 6.25. The molecule has 2 aromatic carbocycles. The van der Waals surface area contributed by atoms with Crippen molar-refractivity contribution in [2.45, 2.75) is 31.4 Å². The van der Waals surface area contributed by atoms with Crippen LogP contribution in [-0.2, 0) is 15.1 Å². The minimum absolute atomic E-state index is 0.0839. The number of carbonyl (C=O) groups excluding carboxylic acids is 1. The lowest BCUT2D eigenvalue weighted by molar-refractivity contribution is -0.157. The second-order valence-electron chi connectivity index (χ2n) is 6.78. The van der Waals surface area contributed by atoms with Crippen molar-refractivity contribution >= 4 is 5.97 Å². The molecule has 130 valence electrons. The fourth-order valence-electron chi connectivity index (χ4n) is 3.77. The van der Waals surface area contributed by atoms with Crippen molar-refractivity contribution in [1.29, 1.82) is 0 Å². The van der Waals surface area contributed by atoms with E-state index >= 15 is 0 Å². The van der Waals surface area contributed by atoms with Gasteiger partial charge < -0.3 is 4.74 Å². The van der Waals surface area contributed by atoms with Crippen molar-refractivity contribution in [2.24, 2.45) is 0 Å². The highest BCUT2D eigenvalue weighted by Gasteiger charge is 2.49. The Bertz CT molecular complexity index is 700. The normalized spacial score (nSPS) is 18.1. The number of carbonyl (C=O) groups is 1. The Hall–Kier alpha value is -2.39. The zero-order valence-electron chi connectivity index (χ0n) is 14.9. The van der Waals surface area contributed by atoms with E-state index < -0.39 is 5.60 Å². The van der Waals surface area contributed by atoms with Gasteiger partial charge in [-0.3, -0.25) is 4.90 Å². The first-order chi connectivity index (χ1) is 12.1. The Morgan fingerprint density at radius 1 is 1.08 bits per heavy atom. The molecule has 0 aromatic heterocycles. The molecule has 1 aliphatic rings. The van der Waals surface area contributed by atoms with Gasteiger partial charge in [-0.1, -0.05) is 67.2 Å². The first-order valence-corrected chi connectivity index (χ1v) is 8.76. The maximum Gasteiger partial charge on any atom is 0.334 e. The summed E-state index contributed by atoms with van der Waals surface area (Å²) in [5, 5.41) is 0. The molecule has 1 atom stereocenters. The Kier molecular flexibility index (Phi) is 5.05. The average Bonchev–Trinajstić information content (AvgIpc) is 3.07. The summed E-state index contributed by atoms with van der Waals surface area (Å²) in [7, 11) is 2.10. The Balaban J connectivity index is 2.23. The highest BCUT2D eigenvalue weighted by atomic mass is 16.6. The minimum Gasteiger partial charge on any atom is -0.444 e. The number of hydrogen-bond donors (Lipinski definition) is 0. The Labute approximate surface area is 149 Å². The number of hydrogen-bond acceptors (Lipinski definition) is 3. The smallest absolute Gasteiger partial charge is 0.334 e. The van der Waals surface area contributed by atoms with Gasteiger partial charge in [0.05, 0.1) is 6.04 Å². The molecule has 1 fully saturated rings. The molecule has 3 rings (SSSR count). The van der Waals surface area contributed by atoms with Crippen LogP contribution < -0.4 is 0 Å². The number of benzene rings is 2. The fraction of sp³-hybridized carbons (Fsp3) is 0.318. The van der Waals surface area contributed by atoms with Crippen LogP contribution in [0.3, 0.4) is 0 Å². The fourth-order valence-corrected chi connectivity index (χ4v) is 3.77. The zero-order chi connectivity index (χ0) is 17.9. The maximum atomic E-state index is 12.6. The van der Waals surface area contributed by atoms with Gasteiger partial charge in [-0.2, -0.15) is 0 Å². The lowest BCUT2D eigenvalue weighted by atomic mass is 9.78. The molecule has 25 heavy (non-hydrogen) atoms. The van der Waals surface area contributed by atoms with Crippen LogP contribution in [0.15, 0.2) is 72.8 Å². The third-order valence-electron chi connectivity index (χ3n) is 5.00. The van der Waals surface area contributed by atoms with E-state index in [1.165, 1.54) is 0 Å². The zero-order valence-corrected chi connectivity index (χ0v) is 14.9. The Morgan fingerprint density at radius 2 is 1.60 bits per heavy atom. The molecule has 3 heteroatoms. The van der Waals surface area contributed by atoms with Crippen LogP contribution in [0.25, 0.3) is 0 Å². The minimum atomic E-state index is -0.843. The van der Waals surface area contributed by atoms with Gasteiger partial charge in [0.2, 0.25) is 0 Å². The van der Waals surface area contributed by atoms with Crippen LogP contribution in [0.2, 0.25) is 0 Å². The van der Waals surface area contributed by atoms with Gasteiger partial charge >= 0.3 is 5.97 Å². The molecule has 0 saturated carbocycles. The van der Waals surface area contributed by atoms with Crippen molar-refractivity contribution < 1.29 is 9.53 Å². The molecule has 0 N–H and O–H groups in total. The van der Waals surface area contributed by atoms with Crippen molar-refractivity contribution in [1.82, 2.24) is 4.90 Å². The summed E-state index contributed by atoms with van der Waals surface area (Å²) in [4.78, 5) is 14.9. The summed E-state index contributed by atoms with van der Waals surface area (Å²) in [6.45, 7) is 6.48. The summed E-state index contributed by atoms with van der Waals surface area (Å²) in [6.07, 6.45) is 2.07. The SMILES string of the molecule is C=C(C)C(=O)OC(c1ccccc1)(c1ccccc1)[C@@H]1CCCN1C. The topological polar surface area (TPSA) is 29.5 Å². The third-order valence-corrected chi connectivity index (χ3v) is 5.00. The second-order valence-corrected chi connectivity index (χ2v) is 6.78. The monoisotopic (exact) mass is 335 g/mol. The van der Waals surface area contributed by atoms with Crippen molar-refractivity contribution in [3.8, 4) is 0 Å². The Morgan fingerprint density at radius 3 is 2.00 bits per heavy atom. The van der Waals surface area contributed by atoms with E-state index in [0.29, 0.717) is 5.57 Å². The molecular weight excluding hydrogens is 310 g/mol. The van der Waals surface area contributed by atoms with Gasteiger partial charge in [-0.15, -0.1) is 0 Å². The van der Waals surface area contributed by atoms with E-state index in [1.807, 2.05) is 60.7 Å². The van der Waals surface area contributed by atoms with Crippen LogP contribution in [0.1, 0.15) is 30.9 Å². The molecule has 0 radical (unpaired) electrons. The quantitative estimate of drug-likeness (QED) is 0.607. The molecular formula is C22H25NO2. The van der Waals surface area contributed by atoms with Crippen molar-refractivity contribution in [2.75, 3.05) is 13.6 Å². The lowest BCUT2D eigenvalue weighted by Gasteiger charge is -2.42. The molecule has 1 saturated heterocycles. The number of nitrogens with zero attached hydrogens (tertiary/aromatic N) is 1. The molecule has 1 aliphatic heterocycles. The van der Waals surface area contributed by atoms with E-state index in [1.54, 1.807) is 6.92 Å². The van der Waals surface area contributed by atoms with Gasteiger partial charge in [-0.25, -0.2) is 4.79 Å². The number of esters is 1. The van der Waals surface area contributed by atoms with Crippen LogP contribution in [-0.4, -0.2) is 30.5 Å². The van der Waals surface area contributed by atoms with Gasteiger partial charge in [0.15, 0.2) is 5.60 Å². The molecule has 0 amide bonds. The predicted octanol–water partition coefficient (Wildman–Crippen LogP) is 4.14. The standard InChI is InChI=1S/C22H25NO2/c1-17(2)21(24)25-22(18-11-6-4-7-12-18,19-13-8-5-9-14-19)20-15-10-16-23(20)3/h4-9,11-14,20H,1,10,15-16H2,2-3H3/t20-/m0/s1. The first kappa shape index (κ1) is 17.4. The van der Waals surface area contributed by atoms with E-state index in [2.05, 4.69) is 18.5 Å². The summed E-state index contributed by atoms with van der Waals surface area (Å²) in [5.74, 6) is -0.354. The number of ether oxygens (including phenoxy) is 1. The number of rotatable bonds is 5. The van der Waals surface area contributed by atoms with Crippen LogP contribution in [0.4, 0.5) is 0 Å².